The van der Waals surface area contributed by atoms with Gasteiger partial charge in [-0.3, -0.25) is 0 Å². The van der Waals surface area contributed by atoms with Gasteiger partial charge in [-0.05, 0) is 41.7 Å². The molecule has 0 amide bonds. The first-order valence-corrected chi connectivity index (χ1v) is 8.66. The predicted molar refractivity (Wildman–Crippen MR) is 98.0 cm³/mol. The molecule has 0 aromatic heterocycles. The Bertz CT molecular complexity index is 497. The van der Waals surface area contributed by atoms with Crippen molar-refractivity contribution in [2.75, 3.05) is 0 Å². The highest BCUT2D eigenvalue weighted by atomic mass is 16.5. The summed E-state index contributed by atoms with van der Waals surface area (Å²) in [6.45, 7) is 19.7. The van der Waals surface area contributed by atoms with Crippen LogP contribution in [0.3, 0.4) is 0 Å². The van der Waals surface area contributed by atoms with Crippen molar-refractivity contribution in [1.29, 1.82) is 0 Å². The zero-order chi connectivity index (χ0) is 17.0. The largest absolute Gasteiger partial charge is 0.486 e. The molecule has 1 nitrogen and oxygen atoms in total. The molecule has 0 fully saturated rings. The lowest BCUT2D eigenvalue weighted by Crippen LogP contribution is -2.22. The SMILES string of the molecule is C=CC(CC)Oc1ccc(C(C)(C)CC)cc1C(C)(C)CC. The number of ether oxygens (including phenoxy) is 1. The van der Waals surface area contributed by atoms with Gasteiger partial charge in [0, 0.05) is 5.56 Å². The third-order valence-electron chi connectivity index (χ3n) is 5.20. The van der Waals surface area contributed by atoms with Crippen molar-refractivity contribution < 1.29 is 4.74 Å². The van der Waals surface area contributed by atoms with Gasteiger partial charge in [0.05, 0.1) is 0 Å². The Kier molecular flexibility index (Phi) is 6.28. The summed E-state index contributed by atoms with van der Waals surface area (Å²) in [5, 5.41) is 0. The molecule has 0 heterocycles. The Morgan fingerprint density at radius 3 is 2.09 bits per heavy atom. The van der Waals surface area contributed by atoms with Crippen LogP contribution in [-0.4, -0.2) is 6.10 Å². The van der Waals surface area contributed by atoms with Gasteiger partial charge in [-0.1, -0.05) is 73.3 Å². The molecule has 1 atom stereocenters. The van der Waals surface area contributed by atoms with Gasteiger partial charge in [0.25, 0.3) is 0 Å². The first-order chi connectivity index (χ1) is 10.2. The fourth-order valence-corrected chi connectivity index (χ4v) is 2.44. The lowest BCUT2D eigenvalue weighted by atomic mass is 9.76. The highest BCUT2D eigenvalue weighted by molar-refractivity contribution is 5.44. The van der Waals surface area contributed by atoms with Crippen molar-refractivity contribution in [3.8, 4) is 5.75 Å². The van der Waals surface area contributed by atoms with E-state index in [-0.39, 0.29) is 16.9 Å². The van der Waals surface area contributed by atoms with Gasteiger partial charge in [0.2, 0.25) is 0 Å². The molecule has 0 aliphatic carbocycles. The van der Waals surface area contributed by atoms with Crippen LogP contribution in [0, 0.1) is 0 Å². The molecule has 1 aromatic rings. The van der Waals surface area contributed by atoms with E-state index in [9.17, 15) is 0 Å². The van der Waals surface area contributed by atoms with Crippen LogP contribution < -0.4 is 4.74 Å². The van der Waals surface area contributed by atoms with E-state index in [0.29, 0.717) is 0 Å². The van der Waals surface area contributed by atoms with Crippen LogP contribution in [0.25, 0.3) is 0 Å². The second kappa shape index (κ2) is 7.35. The zero-order valence-electron chi connectivity index (χ0n) is 15.6. The van der Waals surface area contributed by atoms with Crippen LogP contribution in [0.1, 0.15) is 78.9 Å². The molecule has 0 aliphatic rings. The second-order valence-electron chi connectivity index (χ2n) is 7.49. The lowest BCUT2D eigenvalue weighted by molar-refractivity contribution is 0.238. The summed E-state index contributed by atoms with van der Waals surface area (Å²) < 4.78 is 6.22. The van der Waals surface area contributed by atoms with Crippen LogP contribution in [0.2, 0.25) is 0 Å². The maximum atomic E-state index is 6.22. The maximum Gasteiger partial charge on any atom is 0.123 e. The summed E-state index contributed by atoms with van der Waals surface area (Å²) in [6.07, 6.45) is 5.13. The van der Waals surface area contributed by atoms with Gasteiger partial charge in [0.15, 0.2) is 0 Å². The van der Waals surface area contributed by atoms with Crippen molar-refractivity contribution >= 4 is 0 Å². The normalized spacial score (nSPS) is 13.8. The first kappa shape index (κ1) is 18.8. The smallest absolute Gasteiger partial charge is 0.123 e. The molecule has 0 spiro atoms. The van der Waals surface area contributed by atoms with Crippen LogP contribution >= 0.6 is 0 Å². The fraction of sp³-hybridized carbons (Fsp3) is 0.619. The molecule has 1 unspecified atom stereocenters. The fourth-order valence-electron chi connectivity index (χ4n) is 2.44. The molecule has 0 N–H and O–H groups in total. The summed E-state index contributed by atoms with van der Waals surface area (Å²) >= 11 is 0. The molecular weight excluding hydrogens is 268 g/mol. The number of benzene rings is 1. The maximum absolute atomic E-state index is 6.22. The minimum atomic E-state index is 0.0800. The quantitative estimate of drug-likeness (QED) is 0.504. The van der Waals surface area contributed by atoms with E-state index in [2.05, 4.69) is 73.2 Å². The molecular formula is C21H34O. The average Bonchev–Trinajstić information content (AvgIpc) is 2.52. The second-order valence-corrected chi connectivity index (χ2v) is 7.49. The number of rotatable bonds is 8. The van der Waals surface area contributed by atoms with E-state index < -0.39 is 0 Å². The molecule has 0 saturated heterocycles. The highest BCUT2D eigenvalue weighted by Gasteiger charge is 2.27. The summed E-state index contributed by atoms with van der Waals surface area (Å²) in [5.74, 6) is 1.01. The van der Waals surface area contributed by atoms with Crippen molar-refractivity contribution in [2.24, 2.45) is 0 Å². The molecule has 0 bridgehead atoms. The molecule has 0 aliphatic heterocycles. The minimum absolute atomic E-state index is 0.0800. The van der Waals surface area contributed by atoms with Crippen LogP contribution in [0.4, 0.5) is 0 Å². The Hall–Kier alpha value is -1.24. The molecule has 1 rings (SSSR count). The lowest BCUT2D eigenvalue weighted by Gasteiger charge is -2.31. The van der Waals surface area contributed by atoms with E-state index in [4.69, 9.17) is 4.74 Å². The van der Waals surface area contributed by atoms with Gasteiger partial charge in [-0.15, -0.1) is 0 Å². The Morgan fingerprint density at radius 1 is 1.05 bits per heavy atom. The molecule has 22 heavy (non-hydrogen) atoms. The minimum Gasteiger partial charge on any atom is -0.486 e. The summed E-state index contributed by atoms with van der Waals surface area (Å²) in [7, 11) is 0. The Balaban J connectivity index is 3.36. The first-order valence-electron chi connectivity index (χ1n) is 8.66. The van der Waals surface area contributed by atoms with Crippen LogP contribution in [0.5, 0.6) is 5.75 Å². The van der Waals surface area contributed by atoms with E-state index in [1.807, 2.05) is 6.08 Å². The topological polar surface area (TPSA) is 9.23 Å². The summed E-state index contributed by atoms with van der Waals surface area (Å²) in [6, 6.07) is 6.74. The third kappa shape index (κ3) is 4.15. The molecule has 0 radical (unpaired) electrons. The Morgan fingerprint density at radius 2 is 1.64 bits per heavy atom. The number of hydrogen-bond acceptors (Lipinski definition) is 1. The van der Waals surface area contributed by atoms with Crippen molar-refractivity contribution in [3.05, 3.63) is 42.0 Å². The molecule has 1 heteroatoms. The number of hydrogen-bond donors (Lipinski definition) is 0. The van der Waals surface area contributed by atoms with Gasteiger partial charge < -0.3 is 4.74 Å². The third-order valence-corrected chi connectivity index (χ3v) is 5.20. The molecule has 124 valence electrons. The van der Waals surface area contributed by atoms with Gasteiger partial charge in [0.1, 0.15) is 11.9 Å². The standard InChI is InChI=1S/C21H34O/c1-9-17(10-2)22-19-14-13-16(20(5,6)11-3)15-18(19)21(7,8)12-4/h9,13-15,17H,1,10-12H2,2-8H3. The Labute approximate surface area is 137 Å². The highest BCUT2D eigenvalue weighted by Crippen LogP contribution is 2.38. The van der Waals surface area contributed by atoms with Gasteiger partial charge in [-0.2, -0.15) is 0 Å². The van der Waals surface area contributed by atoms with Crippen molar-refractivity contribution in [1.82, 2.24) is 0 Å². The van der Waals surface area contributed by atoms with E-state index in [0.717, 1.165) is 25.0 Å². The zero-order valence-corrected chi connectivity index (χ0v) is 15.6. The van der Waals surface area contributed by atoms with Gasteiger partial charge in [-0.25, -0.2) is 0 Å². The van der Waals surface area contributed by atoms with Crippen molar-refractivity contribution in [2.45, 2.75) is 84.7 Å². The monoisotopic (exact) mass is 302 g/mol. The average molecular weight is 303 g/mol. The van der Waals surface area contributed by atoms with Gasteiger partial charge >= 0.3 is 0 Å². The van der Waals surface area contributed by atoms with E-state index in [1.54, 1.807) is 0 Å². The van der Waals surface area contributed by atoms with E-state index >= 15 is 0 Å². The van der Waals surface area contributed by atoms with E-state index in [1.165, 1.54) is 11.1 Å². The summed E-state index contributed by atoms with van der Waals surface area (Å²) in [5.41, 5.74) is 3.01. The summed E-state index contributed by atoms with van der Waals surface area (Å²) in [4.78, 5) is 0. The van der Waals surface area contributed by atoms with Crippen molar-refractivity contribution in [3.63, 3.8) is 0 Å². The molecule has 0 saturated carbocycles. The van der Waals surface area contributed by atoms with Crippen LogP contribution in [0.15, 0.2) is 30.9 Å². The van der Waals surface area contributed by atoms with Crippen LogP contribution in [-0.2, 0) is 10.8 Å². The predicted octanol–water partition coefficient (Wildman–Crippen LogP) is 6.41. The molecule has 1 aromatic carbocycles.